The van der Waals surface area contributed by atoms with Gasteiger partial charge in [-0.05, 0) is 85.7 Å². The first-order chi connectivity index (χ1) is 17.9. The normalized spacial score (nSPS) is 32.7. The third-order valence-electron chi connectivity index (χ3n) is 10.3. The van der Waals surface area contributed by atoms with Crippen molar-refractivity contribution in [3.8, 4) is 0 Å². The minimum absolute atomic E-state index is 0.0454. The number of fused-ring (bicyclic) bond motifs is 1. The van der Waals surface area contributed by atoms with E-state index in [4.69, 9.17) is 9.31 Å². The maximum atomic E-state index is 13.7. The van der Waals surface area contributed by atoms with Crippen LogP contribution in [0.4, 0.5) is 0 Å². The highest BCUT2D eigenvalue weighted by Gasteiger charge is 2.68. The molecule has 6 nitrogen and oxygen atoms in total. The van der Waals surface area contributed by atoms with Crippen molar-refractivity contribution in [2.75, 3.05) is 0 Å². The Balaban J connectivity index is 1.29. The highest BCUT2D eigenvalue weighted by Crippen LogP contribution is 2.65. The molecule has 0 radical (unpaired) electrons. The first-order valence-electron chi connectivity index (χ1n) is 14.9. The van der Waals surface area contributed by atoms with Crippen molar-refractivity contribution in [3.63, 3.8) is 0 Å². The largest absolute Gasteiger partial charge is 0.481 e. The molecule has 0 spiro atoms. The fourth-order valence-electron chi connectivity index (χ4n) is 7.90. The van der Waals surface area contributed by atoms with Gasteiger partial charge in [-0.15, -0.1) is 0 Å². The van der Waals surface area contributed by atoms with Crippen LogP contribution in [0, 0.1) is 29.1 Å². The number of nitrogens with one attached hydrogen (secondary N) is 2. The zero-order valence-corrected chi connectivity index (χ0v) is 24.4. The third-order valence-corrected chi connectivity index (χ3v) is 10.3. The third kappa shape index (κ3) is 4.83. The van der Waals surface area contributed by atoms with Gasteiger partial charge in [0.15, 0.2) is 0 Å². The number of carbonyl (C=O) groups excluding carboxylic acids is 2. The van der Waals surface area contributed by atoms with Crippen LogP contribution >= 0.6 is 0 Å². The molecule has 5 aliphatic rings. The summed E-state index contributed by atoms with van der Waals surface area (Å²) in [5.41, 5.74) is 2.29. The second kappa shape index (κ2) is 10.3. The number of hydrogen-bond acceptors (Lipinski definition) is 4. The molecule has 4 fully saturated rings. The second-order valence-electron chi connectivity index (χ2n) is 14.0. The molecule has 1 aliphatic heterocycles. The lowest BCUT2D eigenvalue weighted by molar-refractivity contribution is -0.199. The van der Waals surface area contributed by atoms with Crippen molar-refractivity contribution in [2.45, 2.75) is 117 Å². The quantitative estimate of drug-likeness (QED) is 0.469. The van der Waals surface area contributed by atoms with Crippen LogP contribution in [0.15, 0.2) is 24.3 Å². The van der Waals surface area contributed by atoms with Crippen LogP contribution in [-0.4, -0.2) is 42.6 Å². The van der Waals surface area contributed by atoms with E-state index in [1.807, 2.05) is 26.0 Å². The van der Waals surface area contributed by atoms with Crippen molar-refractivity contribution < 1.29 is 18.9 Å². The Bertz CT molecular complexity index is 1060. The molecule has 7 heteroatoms. The molecule has 1 heterocycles. The van der Waals surface area contributed by atoms with E-state index in [9.17, 15) is 9.59 Å². The van der Waals surface area contributed by atoms with Crippen LogP contribution in [0.1, 0.15) is 97.6 Å². The molecular formula is C31H47BN2O4. The molecule has 4 aliphatic carbocycles. The Morgan fingerprint density at radius 2 is 1.82 bits per heavy atom. The zero-order chi connectivity index (χ0) is 27.4. The van der Waals surface area contributed by atoms with E-state index < -0.39 is 13.2 Å². The van der Waals surface area contributed by atoms with Gasteiger partial charge in [-0.3, -0.25) is 9.59 Å². The Labute approximate surface area is 229 Å². The van der Waals surface area contributed by atoms with Crippen LogP contribution in [0.2, 0.25) is 0 Å². The van der Waals surface area contributed by atoms with Gasteiger partial charge in [0.1, 0.15) is 6.04 Å². The van der Waals surface area contributed by atoms with Gasteiger partial charge in [0.25, 0.3) is 0 Å². The molecule has 2 unspecified atom stereocenters. The van der Waals surface area contributed by atoms with Gasteiger partial charge < -0.3 is 19.9 Å². The SMILES string of the molecule is CC(C)C[C@H](NC(=O)[C@@H](NC(=O)[C@H]1CCCc2ccccc21)C(C)C)B1O[C@@H]2CC3CC(C3(C)C)[C@@]2(C)O1. The minimum atomic E-state index is -0.614. The molecular weight excluding hydrogens is 475 g/mol. The fraction of sp³-hybridized carbons (Fsp3) is 0.742. The lowest BCUT2D eigenvalue weighted by atomic mass is 9.43. The van der Waals surface area contributed by atoms with E-state index in [1.165, 1.54) is 12.0 Å². The number of carbonyl (C=O) groups is 2. The van der Waals surface area contributed by atoms with Crippen molar-refractivity contribution in [2.24, 2.45) is 29.1 Å². The van der Waals surface area contributed by atoms with Gasteiger partial charge in [0.2, 0.25) is 11.8 Å². The lowest BCUT2D eigenvalue weighted by Crippen LogP contribution is -2.65. The number of aryl methyl sites for hydroxylation is 1. The second-order valence-corrected chi connectivity index (χ2v) is 14.0. The summed E-state index contributed by atoms with van der Waals surface area (Å²) in [6.07, 6.45) is 5.85. The maximum Gasteiger partial charge on any atom is 0.481 e. The van der Waals surface area contributed by atoms with E-state index in [0.717, 1.165) is 37.7 Å². The van der Waals surface area contributed by atoms with E-state index in [0.29, 0.717) is 17.8 Å². The fourth-order valence-corrected chi connectivity index (χ4v) is 7.90. The number of hydrogen-bond donors (Lipinski definition) is 2. The molecule has 1 aromatic carbocycles. The van der Waals surface area contributed by atoms with Crippen LogP contribution in [0.25, 0.3) is 0 Å². The van der Waals surface area contributed by atoms with Crippen LogP contribution in [-0.2, 0) is 25.3 Å². The number of amides is 2. The first kappa shape index (κ1) is 27.7. The summed E-state index contributed by atoms with van der Waals surface area (Å²) in [6, 6.07) is 7.59. The summed E-state index contributed by atoms with van der Waals surface area (Å²) < 4.78 is 13.3. The molecule has 1 aromatic rings. The van der Waals surface area contributed by atoms with Gasteiger partial charge in [0.05, 0.1) is 23.6 Å². The van der Waals surface area contributed by atoms with Gasteiger partial charge in [-0.1, -0.05) is 65.8 Å². The van der Waals surface area contributed by atoms with Crippen molar-refractivity contribution in [1.82, 2.24) is 10.6 Å². The predicted octanol–water partition coefficient (Wildman–Crippen LogP) is 5.05. The highest BCUT2D eigenvalue weighted by atomic mass is 16.7. The Hall–Kier alpha value is -1.86. The van der Waals surface area contributed by atoms with E-state index in [1.54, 1.807) is 0 Å². The molecule has 7 atom stereocenters. The molecule has 0 aromatic heterocycles. The van der Waals surface area contributed by atoms with Crippen LogP contribution in [0.3, 0.4) is 0 Å². The molecule has 208 valence electrons. The summed E-state index contributed by atoms with van der Waals surface area (Å²) in [4.78, 5) is 27.2. The summed E-state index contributed by atoms with van der Waals surface area (Å²) in [7, 11) is -0.472. The Morgan fingerprint density at radius 3 is 2.50 bits per heavy atom. The van der Waals surface area contributed by atoms with E-state index >= 15 is 0 Å². The zero-order valence-electron chi connectivity index (χ0n) is 24.4. The molecule has 38 heavy (non-hydrogen) atoms. The van der Waals surface area contributed by atoms with Crippen LogP contribution < -0.4 is 10.6 Å². The molecule has 1 saturated heterocycles. The van der Waals surface area contributed by atoms with Gasteiger partial charge in [-0.2, -0.15) is 0 Å². The summed E-state index contributed by atoms with van der Waals surface area (Å²) in [5, 5.41) is 6.40. The Kier molecular flexibility index (Phi) is 7.49. The molecule has 2 amide bonds. The summed E-state index contributed by atoms with van der Waals surface area (Å²) in [5.74, 6) is 0.783. The van der Waals surface area contributed by atoms with E-state index in [2.05, 4.69) is 57.4 Å². The first-order valence-corrected chi connectivity index (χ1v) is 14.9. The minimum Gasteiger partial charge on any atom is -0.404 e. The van der Waals surface area contributed by atoms with Gasteiger partial charge in [0, 0.05) is 0 Å². The molecule has 2 N–H and O–H groups in total. The summed E-state index contributed by atoms with van der Waals surface area (Å²) in [6.45, 7) is 15.2. The average molecular weight is 523 g/mol. The lowest BCUT2D eigenvalue weighted by Gasteiger charge is -2.64. The van der Waals surface area contributed by atoms with Gasteiger partial charge >= 0.3 is 7.12 Å². The average Bonchev–Trinajstić information content (AvgIpc) is 3.23. The van der Waals surface area contributed by atoms with Crippen molar-refractivity contribution >= 4 is 18.9 Å². The molecule has 6 rings (SSSR count). The Morgan fingerprint density at radius 1 is 1.08 bits per heavy atom. The predicted molar refractivity (Wildman–Crippen MR) is 150 cm³/mol. The standard InChI is InChI=1S/C31H47BN2O4/c1-18(2)15-26(32-37-25-17-21-16-24(30(21,5)6)31(25,7)38-32)33-29(36)27(19(3)4)34-28(35)23-14-10-12-20-11-8-9-13-22(20)23/h8-9,11,13,18-19,21,23-27H,10,12,14-17H2,1-7H3,(H,33,36)(H,34,35)/t21?,23-,24?,25+,26-,27-,31+/m0/s1. The van der Waals surface area contributed by atoms with E-state index in [-0.39, 0.29) is 46.7 Å². The molecule has 2 bridgehead atoms. The highest BCUT2D eigenvalue weighted by molar-refractivity contribution is 6.48. The van der Waals surface area contributed by atoms with Crippen LogP contribution in [0.5, 0.6) is 0 Å². The number of rotatable bonds is 8. The van der Waals surface area contributed by atoms with Crippen molar-refractivity contribution in [3.05, 3.63) is 35.4 Å². The molecule has 3 saturated carbocycles. The topological polar surface area (TPSA) is 76.7 Å². The number of benzene rings is 1. The maximum absolute atomic E-state index is 13.7. The van der Waals surface area contributed by atoms with Gasteiger partial charge in [-0.25, -0.2) is 0 Å². The van der Waals surface area contributed by atoms with Crippen molar-refractivity contribution in [1.29, 1.82) is 0 Å². The smallest absolute Gasteiger partial charge is 0.404 e. The monoisotopic (exact) mass is 522 g/mol. The summed E-state index contributed by atoms with van der Waals surface area (Å²) >= 11 is 0.